The number of halogens is 3. The first-order valence-electron chi connectivity index (χ1n) is 13.4. The zero-order chi connectivity index (χ0) is 28.6. The topological polar surface area (TPSA) is 45.2 Å². The summed E-state index contributed by atoms with van der Waals surface area (Å²) in [6.07, 6.45) is 0.690. The van der Waals surface area contributed by atoms with Crippen LogP contribution in [-0.2, 0) is 4.79 Å². The molecule has 0 saturated heterocycles. The van der Waals surface area contributed by atoms with E-state index in [1.54, 1.807) is 29.5 Å². The highest BCUT2D eigenvalue weighted by molar-refractivity contribution is 7.11. The number of benzene rings is 1. The molecule has 1 aromatic carbocycles. The molecule has 1 aromatic heterocycles. The predicted molar refractivity (Wildman–Crippen MR) is 153 cm³/mol. The summed E-state index contributed by atoms with van der Waals surface area (Å²) in [4.78, 5) is 19.8. The third-order valence-electron chi connectivity index (χ3n) is 6.93. The maximum absolute atomic E-state index is 14.2. The summed E-state index contributed by atoms with van der Waals surface area (Å²) < 4.78 is 42.7. The highest BCUT2D eigenvalue weighted by atomic mass is 32.1. The van der Waals surface area contributed by atoms with Gasteiger partial charge in [-0.1, -0.05) is 59.2 Å². The largest absolute Gasteiger partial charge is 0.413 e. The van der Waals surface area contributed by atoms with Gasteiger partial charge in [-0.25, -0.2) is 4.98 Å². The van der Waals surface area contributed by atoms with E-state index in [2.05, 4.69) is 25.7 Å². The highest BCUT2D eigenvalue weighted by Gasteiger charge is 2.46. The van der Waals surface area contributed by atoms with Gasteiger partial charge in [0.25, 0.3) is 0 Å². The number of allylic oxidation sites excluding steroid dienone is 2. The van der Waals surface area contributed by atoms with Crippen LogP contribution in [0.25, 0.3) is 5.57 Å². The summed E-state index contributed by atoms with van der Waals surface area (Å²) >= 11 is 1.63. The number of aromatic nitrogens is 1. The molecule has 1 N–H and O–H groups in total. The summed E-state index contributed by atoms with van der Waals surface area (Å²) in [5.74, 6) is -0.663. The number of nitrogens with one attached hydrogen (secondary N) is 1. The van der Waals surface area contributed by atoms with E-state index in [0.29, 0.717) is 18.5 Å². The SMILES string of the molecule is C=C/C(Nc1ccc([C@H](N(C)C(=O)C(CCC)CCC)C(F)(F)F)cc1)=C(\c1nc(C)sc1C)C(C)CC. The number of hydrogen-bond donors (Lipinski definition) is 1. The van der Waals surface area contributed by atoms with Crippen molar-refractivity contribution in [1.82, 2.24) is 9.88 Å². The van der Waals surface area contributed by atoms with Gasteiger partial charge in [0.1, 0.15) is 0 Å². The van der Waals surface area contributed by atoms with Crippen LogP contribution < -0.4 is 5.32 Å². The molecule has 0 spiro atoms. The van der Waals surface area contributed by atoms with E-state index in [1.807, 2.05) is 27.7 Å². The van der Waals surface area contributed by atoms with Gasteiger partial charge in [0.15, 0.2) is 6.04 Å². The molecular weight excluding hydrogens is 507 g/mol. The minimum absolute atomic E-state index is 0.0305. The Labute approximate surface area is 230 Å². The molecule has 2 aromatic rings. The first-order valence-corrected chi connectivity index (χ1v) is 14.2. The molecule has 0 bridgehead atoms. The fourth-order valence-electron chi connectivity index (χ4n) is 4.88. The number of carbonyl (C=O) groups excluding carboxylic acids is 1. The van der Waals surface area contributed by atoms with Gasteiger partial charge in [0, 0.05) is 34.8 Å². The van der Waals surface area contributed by atoms with Crippen molar-refractivity contribution in [3.05, 3.63) is 63.8 Å². The fourth-order valence-corrected chi connectivity index (χ4v) is 5.71. The number of nitrogens with zero attached hydrogens (tertiary/aromatic N) is 2. The Morgan fingerprint density at radius 3 is 2.13 bits per heavy atom. The van der Waals surface area contributed by atoms with E-state index in [0.717, 1.165) is 51.0 Å². The quantitative estimate of drug-likeness (QED) is 0.254. The summed E-state index contributed by atoms with van der Waals surface area (Å²) in [5, 5.41) is 4.33. The van der Waals surface area contributed by atoms with Crippen LogP contribution in [0.4, 0.5) is 18.9 Å². The normalized spacial score (nSPS) is 14.2. The molecule has 8 heteroatoms. The number of thiazole rings is 1. The van der Waals surface area contributed by atoms with Gasteiger partial charge in [-0.3, -0.25) is 4.79 Å². The zero-order valence-electron chi connectivity index (χ0n) is 23.7. The van der Waals surface area contributed by atoms with E-state index in [9.17, 15) is 18.0 Å². The number of alkyl halides is 3. The lowest BCUT2D eigenvalue weighted by Gasteiger charge is -2.33. The van der Waals surface area contributed by atoms with Crippen molar-refractivity contribution in [1.29, 1.82) is 0 Å². The zero-order valence-corrected chi connectivity index (χ0v) is 24.5. The van der Waals surface area contributed by atoms with Gasteiger partial charge in [0.2, 0.25) is 5.91 Å². The van der Waals surface area contributed by atoms with Crippen LogP contribution in [0.1, 0.15) is 87.0 Å². The molecule has 1 unspecified atom stereocenters. The Balaban J connectivity index is 2.43. The molecule has 1 heterocycles. The molecule has 38 heavy (non-hydrogen) atoms. The van der Waals surface area contributed by atoms with Crippen LogP contribution in [0.15, 0.2) is 42.6 Å². The Morgan fingerprint density at radius 1 is 1.13 bits per heavy atom. The lowest BCUT2D eigenvalue weighted by atomic mass is 9.92. The van der Waals surface area contributed by atoms with Gasteiger partial charge in [-0.15, -0.1) is 11.3 Å². The van der Waals surface area contributed by atoms with Crippen molar-refractivity contribution in [3.63, 3.8) is 0 Å². The van der Waals surface area contributed by atoms with E-state index in [1.165, 1.54) is 19.2 Å². The van der Waals surface area contributed by atoms with Crippen molar-refractivity contribution in [3.8, 4) is 0 Å². The summed E-state index contributed by atoms with van der Waals surface area (Å²) in [5.41, 5.74) is 3.40. The second kappa shape index (κ2) is 14.0. The van der Waals surface area contributed by atoms with Crippen LogP contribution in [0.3, 0.4) is 0 Å². The summed E-state index contributed by atoms with van der Waals surface area (Å²) in [6.45, 7) is 16.1. The number of anilines is 1. The van der Waals surface area contributed by atoms with Crippen molar-refractivity contribution >= 4 is 28.5 Å². The average Bonchev–Trinajstić information content (AvgIpc) is 3.19. The molecule has 0 saturated carbocycles. The minimum atomic E-state index is -4.60. The highest BCUT2D eigenvalue weighted by Crippen LogP contribution is 2.39. The molecule has 4 nitrogen and oxygen atoms in total. The van der Waals surface area contributed by atoms with Gasteiger partial charge < -0.3 is 10.2 Å². The van der Waals surface area contributed by atoms with Gasteiger partial charge in [0.05, 0.1) is 10.7 Å². The maximum Gasteiger partial charge on any atom is 0.413 e. The minimum Gasteiger partial charge on any atom is -0.355 e. The number of rotatable bonds is 13. The molecule has 2 rings (SSSR count). The van der Waals surface area contributed by atoms with Crippen LogP contribution >= 0.6 is 11.3 Å². The lowest BCUT2D eigenvalue weighted by Crippen LogP contribution is -2.42. The molecule has 210 valence electrons. The molecule has 0 aliphatic heterocycles. The second-order valence-electron chi connectivity index (χ2n) is 9.89. The van der Waals surface area contributed by atoms with Crippen LogP contribution in [0.2, 0.25) is 0 Å². The molecule has 2 atom stereocenters. The smallest absolute Gasteiger partial charge is 0.355 e. The number of hydrogen-bond acceptors (Lipinski definition) is 4. The Morgan fingerprint density at radius 2 is 1.71 bits per heavy atom. The van der Waals surface area contributed by atoms with Gasteiger partial charge in [-0.05, 0) is 62.8 Å². The second-order valence-corrected chi connectivity index (χ2v) is 11.3. The van der Waals surface area contributed by atoms with E-state index in [4.69, 9.17) is 4.98 Å². The Bertz CT molecular complexity index is 1100. The third-order valence-corrected chi connectivity index (χ3v) is 7.82. The van der Waals surface area contributed by atoms with Crippen LogP contribution in [-0.4, -0.2) is 29.0 Å². The van der Waals surface area contributed by atoms with Gasteiger partial charge in [-0.2, -0.15) is 13.2 Å². The standard InChI is InChI=1S/C30H42F3N3OS/c1-9-13-23(14-10-2)29(37)36(8)28(30(31,32)33)22-15-17-24(18-16-22)35-25(12-4)26(19(5)11-3)27-20(6)38-21(7)34-27/h12,15-19,23,28,35H,4,9-11,13-14H2,1-3,5-8H3/b26-25+/t19?,28-/m0/s1. The number of amides is 1. The predicted octanol–water partition coefficient (Wildman–Crippen LogP) is 9.09. The van der Waals surface area contributed by atoms with Crippen molar-refractivity contribution in [2.45, 2.75) is 85.9 Å². The number of aryl methyl sites for hydroxylation is 2. The maximum atomic E-state index is 14.2. The molecule has 0 aliphatic carbocycles. The van der Waals surface area contributed by atoms with E-state index in [-0.39, 0.29) is 11.5 Å². The number of carbonyl (C=O) groups is 1. The fraction of sp³-hybridized carbons (Fsp3) is 0.533. The van der Waals surface area contributed by atoms with Crippen molar-refractivity contribution in [2.24, 2.45) is 11.8 Å². The first kappa shape index (κ1) is 31.6. The molecule has 1 amide bonds. The Hall–Kier alpha value is -2.61. The van der Waals surface area contributed by atoms with Crippen molar-refractivity contribution < 1.29 is 18.0 Å². The molecule has 0 radical (unpaired) electrons. The lowest BCUT2D eigenvalue weighted by molar-refractivity contribution is -0.190. The third kappa shape index (κ3) is 7.71. The first-order chi connectivity index (χ1) is 17.9. The van der Waals surface area contributed by atoms with Crippen molar-refractivity contribution in [2.75, 3.05) is 12.4 Å². The van der Waals surface area contributed by atoms with E-state index >= 15 is 0 Å². The van der Waals surface area contributed by atoms with Crippen LogP contribution in [0.5, 0.6) is 0 Å². The monoisotopic (exact) mass is 549 g/mol. The molecular formula is C30H42F3N3OS. The van der Waals surface area contributed by atoms with E-state index < -0.39 is 24.0 Å². The summed E-state index contributed by atoms with van der Waals surface area (Å²) in [7, 11) is 1.26. The van der Waals surface area contributed by atoms with Crippen LogP contribution in [0, 0.1) is 25.7 Å². The Kier molecular flexibility index (Phi) is 11.6. The average molecular weight is 550 g/mol. The van der Waals surface area contributed by atoms with Gasteiger partial charge >= 0.3 is 6.18 Å². The molecule has 0 aliphatic rings. The molecule has 0 fully saturated rings. The summed E-state index contributed by atoms with van der Waals surface area (Å²) in [6, 6.07) is 4.13.